The molecule has 1 saturated heterocycles. The minimum absolute atomic E-state index is 0.0842. The van der Waals surface area contributed by atoms with Crippen molar-refractivity contribution in [3.8, 4) is 5.82 Å². The summed E-state index contributed by atoms with van der Waals surface area (Å²) in [4.78, 5) is 25.1. The van der Waals surface area contributed by atoms with Gasteiger partial charge in [-0.25, -0.2) is 19.4 Å². The Morgan fingerprint density at radius 3 is 2.50 bits per heavy atom. The molecule has 1 aliphatic heterocycles. The molecule has 0 spiro atoms. The number of methoxy groups -OCH3 is 1. The van der Waals surface area contributed by atoms with Gasteiger partial charge in [-0.2, -0.15) is 5.10 Å². The van der Waals surface area contributed by atoms with E-state index in [1.165, 1.54) is 7.11 Å². The minimum Gasteiger partial charge on any atom is -0.463 e. The van der Waals surface area contributed by atoms with Crippen molar-refractivity contribution in [1.82, 2.24) is 29.9 Å². The van der Waals surface area contributed by atoms with E-state index in [1.54, 1.807) is 22.2 Å². The molecule has 0 atom stereocenters. The van der Waals surface area contributed by atoms with Crippen LogP contribution in [0.4, 0.5) is 11.6 Å². The molecule has 1 fully saturated rings. The second-order valence-corrected chi connectivity index (χ2v) is 7.59. The quantitative estimate of drug-likeness (QED) is 0.455. The zero-order valence-corrected chi connectivity index (χ0v) is 17.0. The van der Waals surface area contributed by atoms with Crippen molar-refractivity contribution in [2.24, 2.45) is 0 Å². The number of rotatable bonds is 4. The molecule has 0 aliphatic carbocycles. The molecular weight excluding hydrogens is 404 g/mol. The number of hydrogen-bond acceptors (Lipinski definition) is 10. The summed E-state index contributed by atoms with van der Waals surface area (Å²) < 4.78 is 7.45. The van der Waals surface area contributed by atoms with Gasteiger partial charge in [-0.3, -0.25) is 0 Å². The first-order valence-electron chi connectivity index (χ1n) is 9.40. The maximum atomic E-state index is 12.0. The number of aromatic nitrogens is 6. The number of nitrogens with zero attached hydrogens (tertiary/aromatic N) is 8. The highest BCUT2D eigenvalue weighted by Crippen LogP contribution is 2.30. The SMILES string of the molecule is COC(=O)c1nc(N2CCN(c3ccc(-n4cccn4)nn3)CC2)c2sccc2n1. The van der Waals surface area contributed by atoms with Crippen LogP contribution in [0.2, 0.25) is 0 Å². The second-order valence-electron chi connectivity index (χ2n) is 6.67. The van der Waals surface area contributed by atoms with Crippen LogP contribution >= 0.6 is 11.3 Å². The topological polar surface area (TPSA) is 102 Å². The zero-order valence-electron chi connectivity index (χ0n) is 16.2. The van der Waals surface area contributed by atoms with Gasteiger partial charge in [-0.05, 0) is 29.6 Å². The van der Waals surface area contributed by atoms with Crippen LogP contribution in [0.15, 0.2) is 42.0 Å². The van der Waals surface area contributed by atoms with Gasteiger partial charge in [0.2, 0.25) is 5.82 Å². The van der Waals surface area contributed by atoms with Crippen LogP contribution < -0.4 is 9.80 Å². The highest BCUT2D eigenvalue weighted by molar-refractivity contribution is 7.17. The van der Waals surface area contributed by atoms with Crippen molar-refractivity contribution in [3.63, 3.8) is 0 Å². The largest absolute Gasteiger partial charge is 0.463 e. The van der Waals surface area contributed by atoms with Crippen molar-refractivity contribution < 1.29 is 9.53 Å². The average Bonchev–Trinajstić information content (AvgIpc) is 3.50. The second kappa shape index (κ2) is 7.67. The molecule has 10 nitrogen and oxygen atoms in total. The number of fused-ring (bicyclic) bond motifs is 1. The van der Waals surface area contributed by atoms with E-state index in [0.29, 0.717) is 5.82 Å². The van der Waals surface area contributed by atoms with Gasteiger partial charge in [0, 0.05) is 38.6 Å². The summed E-state index contributed by atoms with van der Waals surface area (Å²) in [5.74, 6) is 1.83. The molecule has 0 saturated carbocycles. The predicted molar refractivity (Wildman–Crippen MR) is 112 cm³/mol. The Labute approximate surface area is 175 Å². The average molecular weight is 422 g/mol. The molecule has 4 aromatic rings. The van der Waals surface area contributed by atoms with E-state index in [-0.39, 0.29) is 5.82 Å². The third-order valence-electron chi connectivity index (χ3n) is 4.93. The van der Waals surface area contributed by atoms with Crippen LogP contribution in [0.5, 0.6) is 0 Å². The first-order chi connectivity index (χ1) is 14.7. The van der Waals surface area contributed by atoms with Crippen molar-refractivity contribution in [2.45, 2.75) is 0 Å². The molecule has 152 valence electrons. The molecule has 30 heavy (non-hydrogen) atoms. The maximum absolute atomic E-state index is 12.0. The molecule has 11 heteroatoms. The number of thiophene rings is 1. The van der Waals surface area contributed by atoms with Crippen LogP contribution in [0.25, 0.3) is 16.0 Å². The van der Waals surface area contributed by atoms with Crippen molar-refractivity contribution >= 4 is 39.2 Å². The fourth-order valence-electron chi connectivity index (χ4n) is 3.41. The van der Waals surface area contributed by atoms with Gasteiger partial charge in [0.05, 0.1) is 17.3 Å². The van der Waals surface area contributed by atoms with Gasteiger partial charge >= 0.3 is 5.97 Å². The molecule has 5 rings (SSSR count). The number of piperazine rings is 1. The molecule has 0 radical (unpaired) electrons. The molecule has 0 N–H and O–H groups in total. The van der Waals surface area contributed by atoms with Gasteiger partial charge in [-0.1, -0.05) is 0 Å². The lowest BCUT2D eigenvalue weighted by Gasteiger charge is -2.36. The molecular formula is C19H18N8O2S. The van der Waals surface area contributed by atoms with E-state index >= 15 is 0 Å². The lowest BCUT2D eigenvalue weighted by molar-refractivity contribution is 0.0587. The molecule has 0 amide bonds. The highest BCUT2D eigenvalue weighted by Gasteiger charge is 2.24. The van der Waals surface area contributed by atoms with E-state index < -0.39 is 5.97 Å². The van der Waals surface area contributed by atoms with Gasteiger partial charge in [0.25, 0.3) is 0 Å². The van der Waals surface area contributed by atoms with Crippen LogP contribution in [0.3, 0.4) is 0 Å². The Hall–Kier alpha value is -3.60. The monoisotopic (exact) mass is 422 g/mol. The van der Waals surface area contributed by atoms with Crippen LogP contribution in [0.1, 0.15) is 10.6 Å². The number of ether oxygens (including phenoxy) is 1. The van der Waals surface area contributed by atoms with Gasteiger partial charge in [0.1, 0.15) is 0 Å². The Morgan fingerprint density at radius 2 is 1.80 bits per heavy atom. The van der Waals surface area contributed by atoms with E-state index in [0.717, 1.165) is 48.0 Å². The summed E-state index contributed by atoms with van der Waals surface area (Å²) in [6, 6.07) is 7.60. The fourth-order valence-corrected chi connectivity index (χ4v) is 4.25. The van der Waals surface area contributed by atoms with Crippen LogP contribution in [-0.2, 0) is 4.74 Å². The first-order valence-corrected chi connectivity index (χ1v) is 10.3. The van der Waals surface area contributed by atoms with Crippen molar-refractivity contribution in [2.75, 3.05) is 43.1 Å². The summed E-state index contributed by atoms with van der Waals surface area (Å²) in [5, 5.41) is 14.8. The summed E-state index contributed by atoms with van der Waals surface area (Å²) in [7, 11) is 1.33. The van der Waals surface area contributed by atoms with Crippen LogP contribution in [0, 0.1) is 0 Å². The van der Waals surface area contributed by atoms with Crippen molar-refractivity contribution in [1.29, 1.82) is 0 Å². The Morgan fingerprint density at radius 1 is 1.03 bits per heavy atom. The van der Waals surface area contributed by atoms with Gasteiger partial charge in [0.15, 0.2) is 17.5 Å². The normalized spacial score (nSPS) is 14.3. The molecule has 0 unspecified atom stereocenters. The number of hydrogen-bond donors (Lipinski definition) is 0. The molecule has 5 heterocycles. The summed E-state index contributed by atoms with van der Waals surface area (Å²) >= 11 is 1.57. The van der Waals surface area contributed by atoms with Crippen molar-refractivity contribution in [3.05, 3.63) is 47.9 Å². The van der Waals surface area contributed by atoms with E-state index in [2.05, 4.69) is 35.1 Å². The fraction of sp³-hybridized carbons (Fsp3) is 0.263. The number of anilines is 2. The van der Waals surface area contributed by atoms with E-state index in [4.69, 9.17) is 4.74 Å². The third kappa shape index (κ3) is 3.32. The van der Waals surface area contributed by atoms with E-state index in [9.17, 15) is 4.79 Å². The predicted octanol–water partition coefficient (Wildman–Crippen LogP) is 1.78. The number of esters is 1. The molecule has 1 aliphatic rings. The smallest absolute Gasteiger partial charge is 0.376 e. The van der Waals surface area contributed by atoms with Crippen LogP contribution in [-0.4, -0.2) is 69.2 Å². The highest BCUT2D eigenvalue weighted by atomic mass is 32.1. The zero-order chi connectivity index (χ0) is 20.5. The maximum Gasteiger partial charge on any atom is 0.376 e. The summed E-state index contributed by atoms with van der Waals surface area (Å²) in [6.45, 7) is 3.01. The standard InChI is InChI=1S/C19H18N8O2S/c1-29-19(28)17-21-13-5-12-30-16(13)18(22-17)26-10-8-25(9-11-26)14-3-4-15(24-23-14)27-7-2-6-20-27/h2-7,12H,8-11H2,1H3. The summed E-state index contributed by atoms with van der Waals surface area (Å²) in [6.07, 6.45) is 3.54. The van der Waals surface area contributed by atoms with E-state index in [1.807, 2.05) is 35.8 Å². The molecule has 0 aromatic carbocycles. The lowest BCUT2D eigenvalue weighted by Crippen LogP contribution is -2.47. The first kappa shape index (κ1) is 18.4. The Bertz CT molecular complexity index is 1170. The molecule has 0 bridgehead atoms. The van der Waals surface area contributed by atoms with Gasteiger partial charge in [-0.15, -0.1) is 21.5 Å². The Kier molecular flexibility index (Phi) is 4.71. The van der Waals surface area contributed by atoms with Gasteiger partial charge < -0.3 is 14.5 Å². The third-order valence-corrected chi connectivity index (χ3v) is 5.83. The lowest BCUT2D eigenvalue weighted by atomic mass is 10.3. The minimum atomic E-state index is -0.532. The summed E-state index contributed by atoms with van der Waals surface area (Å²) in [5.41, 5.74) is 0.757. The molecule has 4 aromatic heterocycles. The number of carbonyl (C=O) groups is 1. The Balaban J connectivity index is 1.34. The number of carbonyl (C=O) groups excluding carboxylic acids is 1.